The summed E-state index contributed by atoms with van der Waals surface area (Å²) in [5.74, 6) is -0.543. The fourth-order valence-electron chi connectivity index (χ4n) is 2.26. The minimum Gasteiger partial charge on any atom is -0.459 e. The van der Waals surface area contributed by atoms with E-state index in [9.17, 15) is 9.59 Å². The van der Waals surface area contributed by atoms with Crippen LogP contribution >= 0.6 is 23.1 Å². The second kappa shape index (κ2) is 8.25. The molecule has 0 aliphatic heterocycles. The van der Waals surface area contributed by atoms with Crippen LogP contribution in [-0.2, 0) is 11.3 Å². The third-order valence-electron chi connectivity index (χ3n) is 3.61. The van der Waals surface area contributed by atoms with Gasteiger partial charge < -0.3 is 14.5 Å². The molecule has 0 saturated heterocycles. The zero-order valence-corrected chi connectivity index (χ0v) is 15.9. The lowest BCUT2D eigenvalue weighted by molar-refractivity contribution is 0.0477. The molecule has 0 fully saturated rings. The van der Waals surface area contributed by atoms with E-state index in [2.05, 4.69) is 5.32 Å². The van der Waals surface area contributed by atoms with E-state index in [1.54, 1.807) is 30.0 Å². The first-order valence-corrected chi connectivity index (χ1v) is 9.86. The number of ether oxygens (including phenoxy) is 1. The van der Waals surface area contributed by atoms with Crippen molar-refractivity contribution in [1.82, 2.24) is 0 Å². The van der Waals surface area contributed by atoms with Gasteiger partial charge in [-0.1, -0.05) is 12.1 Å². The van der Waals surface area contributed by atoms with Gasteiger partial charge in [-0.2, -0.15) is 0 Å². The number of thiophene rings is 1. The van der Waals surface area contributed by atoms with Crippen molar-refractivity contribution in [3.63, 3.8) is 0 Å². The Hall–Kier alpha value is -2.51. The lowest BCUT2D eigenvalue weighted by Gasteiger charge is -2.05. The quantitative estimate of drug-likeness (QED) is 0.477. The summed E-state index contributed by atoms with van der Waals surface area (Å²) in [5.41, 5.74) is 1.68. The summed E-state index contributed by atoms with van der Waals surface area (Å²) in [6.45, 7) is 2.02. The lowest BCUT2D eigenvalue weighted by Crippen LogP contribution is -2.09. The van der Waals surface area contributed by atoms with Crippen molar-refractivity contribution in [3.8, 4) is 0 Å². The number of nitrogens with one attached hydrogen (secondary N) is 1. The van der Waals surface area contributed by atoms with Crippen molar-refractivity contribution in [2.45, 2.75) is 18.4 Å². The largest absolute Gasteiger partial charge is 0.459 e. The summed E-state index contributed by atoms with van der Waals surface area (Å²) in [7, 11) is 0. The molecular weight excluding hydrogens is 370 g/mol. The first-order valence-electron chi connectivity index (χ1n) is 7.82. The van der Waals surface area contributed by atoms with Gasteiger partial charge in [-0.15, -0.1) is 23.1 Å². The molecular formula is C19H17NO4S2. The molecule has 5 nitrogen and oxygen atoms in total. The topological polar surface area (TPSA) is 68.5 Å². The number of furan rings is 1. The number of anilines is 1. The van der Waals surface area contributed by atoms with Crippen molar-refractivity contribution in [1.29, 1.82) is 0 Å². The Morgan fingerprint density at radius 2 is 2.00 bits per heavy atom. The van der Waals surface area contributed by atoms with Gasteiger partial charge in [-0.25, -0.2) is 4.79 Å². The monoisotopic (exact) mass is 387 g/mol. The summed E-state index contributed by atoms with van der Waals surface area (Å²) in [6, 6.07) is 12.8. The van der Waals surface area contributed by atoms with E-state index in [1.165, 1.54) is 17.6 Å². The van der Waals surface area contributed by atoms with E-state index >= 15 is 0 Å². The Bertz CT molecular complexity index is 898. The number of esters is 1. The van der Waals surface area contributed by atoms with Crippen LogP contribution in [0.25, 0.3) is 0 Å². The molecule has 2 heterocycles. The van der Waals surface area contributed by atoms with Crippen LogP contribution in [0.15, 0.2) is 58.0 Å². The van der Waals surface area contributed by atoms with E-state index in [-0.39, 0.29) is 18.3 Å². The summed E-state index contributed by atoms with van der Waals surface area (Å²) >= 11 is 2.84. The van der Waals surface area contributed by atoms with Gasteiger partial charge in [-0.05, 0) is 54.6 Å². The fourth-order valence-corrected chi connectivity index (χ4v) is 3.63. The number of carbonyl (C=O) groups is 2. The number of thioether (sulfide) groups is 1. The molecule has 0 aliphatic carbocycles. The summed E-state index contributed by atoms with van der Waals surface area (Å²) in [5, 5.41) is 3.29. The van der Waals surface area contributed by atoms with E-state index in [4.69, 9.17) is 9.15 Å². The first-order chi connectivity index (χ1) is 12.6. The van der Waals surface area contributed by atoms with Gasteiger partial charge in [0.15, 0.2) is 5.76 Å². The van der Waals surface area contributed by atoms with Crippen LogP contribution in [0.1, 0.15) is 31.4 Å². The SMILES string of the molecule is CSc1ccc(COC(=O)c2sc(NC(=O)c3ccco3)cc2C)cc1. The molecule has 3 rings (SSSR count). The molecule has 0 radical (unpaired) electrons. The number of rotatable bonds is 6. The number of benzene rings is 1. The molecule has 0 atom stereocenters. The third-order valence-corrected chi connectivity index (χ3v) is 5.49. The predicted octanol–water partition coefficient (Wildman–Crippen LogP) is 4.98. The average Bonchev–Trinajstić information content (AvgIpc) is 3.30. The molecule has 0 unspecified atom stereocenters. The van der Waals surface area contributed by atoms with E-state index in [1.807, 2.05) is 37.4 Å². The number of aryl methyl sites for hydroxylation is 1. The number of hydrogen-bond acceptors (Lipinski definition) is 6. The number of hydrogen-bond donors (Lipinski definition) is 1. The van der Waals surface area contributed by atoms with Crippen molar-refractivity contribution in [2.24, 2.45) is 0 Å². The standard InChI is InChI=1S/C19H17NO4S2/c1-12-10-16(20-18(21)15-4-3-9-23-15)26-17(12)19(22)24-11-13-5-7-14(25-2)8-6-13/h3-10H,11H2,1-2H3,(H,20,21). The van der Waals surface area contributed by atoms with Gasteiger partial charge in [0.05, 0.1) is 11.3 Å². The summed E-state index contributed by atoms with van der Waals surface area (Å²) in [4.78, 5) is 26.0. The van der Waals surface area contributed by atoms with Crippen LogP contribution in [0.2, 0.25) is 0 Å². The molecule has 0 spiro atoms. The van der Waals surface area contributed by atoms with E-state index in [0.717, 1.165) is 16.0 Å². The Balaban J connectivity index is 1.62. The maximum absolute atomic E-state index is 12.3. The first kappa shape index (κ1) is 18.3. The minimum atomic E-state index is -0.403. The lowest BCUT2D eigenvalue weighted by atomic mass is 10.2. The maximum Gasteiger partial charge on any atom is 0.348 e. The summed E-state index contributed by atoms with van der Waals surface area (Å²) < 4.78 is 10.4. The molecule has 1 aromatic carbocycles. The molecule has 3 aromatic rings. The van der Waals surface area contributed by atoms with Crippen LogP contribution in [-0.4, -0.2) is 18.1 Å². The van der Waals surface area contributed by atoms with Gasteiger partial charge in [0.25, 0.3) is 5.91 Å². The van der Waals surface area contributed by atoms with Crippen LogP contribution in [0, 0.1) is 6.92 Å². The van der Waals surface area contributed by atoms with Crippen LogP contribution in [0.5, 0.6) is 0 Å². The van der Waals surface area contributed by atoms with E-state index in [0.29, 0.717) is 9.88 Å². The van der Waals surface area contributed by atoms with E-state index < -0.39 is 5.97 Å². The highest BCUT2D eigenvalue weighted by Crippen LogP contribution is 2.28. The van der Waals surface area contributed by atoms with Crippen molar-refractivity contribution < 1.29 is 18.7 Å². The van der Waals surface area contributed by atoms with Crippen LogP contribution in [0.4, 0.5) is 5.00 Å². The smallest absolute Gasteiger partial charge is 0.348 e. The van der Waals surface area contributed by atoms with Gasteiger partial charge in [0, 0.05) is 4.90 Å². The van der Waals surface area contributed by atoms with Gasteiger partial charge in [-0.3, -0.25) is 4.79 Å². The minimum absolute atomic E-state index is 0.207. The zero-order valence-electron chi connectivity index (χ0n) is 14.3. The number of carbonyl (C=O) groups excluding carboxylic acids is 2. The maximum atomic E-state index is 12.3. The highest BCUT2D eigenvalue weighted by Gasteiger charge is 2.17. The second-order valence-electron chi connectivity index (χ2n) is 5.48. The molecule has 0 bridgehead atoms. The van der Waals surface area contributed by atoms with Gasteiger partial charge in [0.2, 0.25) is 0 Å². The second-order valence-corrected chi connectivity index (χ2v) is 7.41. The Morgan fingerprint density at radius 3 is 2.65 bits per heavy atom. The molecule has 1 amide bonds. The average molecular weight is 387 g/mol. The van der Waals surface area contributed by atoms with Crippen molar-refractivity contribution in [2.75, 3.05) is 11.6 Å². The van der Waals surface area contributed by atoms with Crippen LogP contribution < -0.4 is 5.32 Å². The summed E-state index contributed by atoms with van der Waals surface area (Å²) in [6.07, 6.45) is 3.44. The highest BCUT2D eigenvalue weighted by atomic mass is 32.2. The Labute approximate surface area is 159 Å². The third kappa shape index (κ3) is 4.36. The molecule has 134 valence electrons. The molecule has 26 heavy (non-hydrogen) atoms. The van der Waals surface area contributed by atoms with Crippen molar-refractivity contribution in [3.05, 3.63) is 70.5 Å². The Kier molecular flexibility index (Phi) is 5.80. The molecule has 0 saturated carbocycles. The zero-order chi connectivity index (χ0) is 18.5. The van der Waals surface area contributed by atoms with Gasteiger partial charge >= 0.3 is 5.97 Å². The number of amides is 1. The molecule has 1 N–H and O–H groups in total. The van der Waals surface area contributed by atoms with Crippen LogP contribution in [0.3, 0.4) is 0 Å². The highest BCUT2D eigenvalue weighted by molar-refractivity contribution is 7.98. The molecule has 2 aromatic heterocycles. The normalized spacial score (nSPS) is 10.5. The molecule has 0 aliphatic rings. The fraction of sp³-hybridized carbons (Fsp3) is 0.158. The Morgan fingerprint density at radius 1 is 1.23 bits per heavy atom. The molecule has 7 heteroatoms. The van der Waals surface area contributed by atoms with Crippen molar-refractivity contribution >= 4 is 40.0 Å². The predicted molar refractivity (Wildman–Crippen MR) is 103 cm³/mol. The van der Waals surface area contributed by atoms with Gasteiger partial charge in [0.1, 0.15) is 11.5 Å².